The second kappa shape index (κ2) is 5.41. The maximum Gasteiger partial charge on any atom is 0.165 e. The minimum absolute atomic E-state index is 0.0651. The molecule has 0 aromatic heterocycles. The van der Waals surface area contributed by atoms with Crippen LogP contribution in [0.25, 0.3) is 0 Å². The van der Waals surface area contributed by atoms with Crippen molar-refractivity contribution in [3.8, 4) is 11.5 Å². The number of benzene rings is 1. The highest BCUT2D eigenvalue weighted by Crippen LogP contribution is 2.41. The zero-order valence-corrected chi connectivity index (χ0v) is 12.4. The first-order chi connectivity index (χ1) is 8.93. The molecule has 19 heavy (non-hydrogen) atoms. The van der Waals surface area contributed by atoms with Crippen molar-refractivity contribution in [3.63, 3.8) is 0 Å². The molecule has 0 spiro atoms. The zero-order valence-electron chi connectivity index (χ0n) is 12.4. The van der Waals surface area contributed by atoms with E-state index in [-0.39, 0.29) is 11.6 Å². The molecule has 1 aliphatic heterocycles. The van der Waals surface area contributed by atoms with Gasteiger partial charge in [-0.2, -0.15) is 0 Å². The van der Waals surface area contributed by atoms with Crippen molar-refractivity contribution >= 4 is 0 Å². The van der Waals surface area contributed by atoms with Crippen LogP contribution in [0.4, 0.5) is 0 Å². The molecule has 2 unspecified atom stereocenters. The van der Waals surface area contributed by atoms with Gasteiger partial charge in [0, 0.05) is 18.0 Å². The number of rotatable bonds is 5. The molecule has 0 bridgehead atoms. The van der Waals surface area contributed by atoms with E-state index < -0.39 is 0 Å². The predicted octanol–water partition coefficient (Wildman–Crippen LogP) is 3.15. The van der Waals surface area contributed by atoms with Crippen LogP contribution in [-0.2, 0) is 6.42 Å². The van der Waals surface area contributed by atoms with Crippen molar-refractivity contribution in [1.82, 2.24) is 0 Å². The van der Waals surface area contributed by atoms with E-state index in [1.165, 1.54) is 5.56 Å². The van der Waals surface area contributed by atoms with Gasteiger partial charge in [0.1, 0.15) is 12.2 Å². The summed E-state index contributed by atoms with van der Waals surface area (Å²) in [5.41, 5.74) is 7.19. The lowest BCUT2D eigenvalue weighted by Gasteiger charge is -2.21. The molecule has 106 valence electrons. The molecule has 3 nitrogen and oxygen atoms in total. The number of nitrogens with two attached hydrogens (primary N) is 1. The first kappa shape index (κ1) is 14.2. The van der Waals surface area contributed by atoms with Gasteiger partial charge in [-0.15, -0.1) is 0 Å². The van der Waals surface area contributed by atoms with Gasteiger partial charge in [-0.1, -0.05) is 32.4 Å². The molecule has 1 aromatic carbocycles. The Morgan fingerprint density at radius 3 is 2.84 bits per heavy atom. The number of para-hydroxylation sites is 1. The van der Waals surface area contributed by atoms with Crippen molar-refractivity contribution < 1.29 is 9.47 Å². The van der Waals surface area contributed by atoms with Crippen molar-refractivity contribution in [3.05, 3.63) is 23.8 Å². The fourth-order valence-corrected chi connectivity index (χ4v) is 2.35. The van der Waals surface area contributed by atoms with Crippen LogP contribution in [0.3, 0.4) is 0 Å². The van der Waals surface area contributed by atoms with Gasteiger partial charge in [0.05, 0.1) is 0 Å². The van der Waals surface area contributed by atoms with E-state index >= 15 is 0 Å². The van der Waals surface area contributed by atoms with Crippen molar-refractivity contribution in [1.29, 1.82) is 0 Å². The molecule has 0 fully saturated rings. The van der Waals surface area contributed by atoms with Crippen LogP contribution < -0.4 is 15.2 Å². The van der Waals surface area contributed by atoms with Gasteiger partial charge in [-0.05, 0) is 25.8 Å². The molecule has 1 aromatic rings. The third kappa shape index (κ3) is 3.21. The third-order valence-electron chi connectivity index (χ3n) is 3.86. The van der Waals surface area contributed by atoms with E-state index in [9.17, 15) is 0 Å². The average molecular weight is 263 g/mol. The second-order valence-electron chi connectivity index (χ2n) is 6.14. The van der Waals surface area contributed by atoms with Gasteiger partial charge in [-0.25, -0.2) is 0 Å². The van der Waals surface area contributed by atoms with Crippen molar-refractivity contribution in [2.75, 3.05) is 6.61 Å². The van der Waals surface area contributed by atoms with Gasteiger partial charge in [0.15, 0.2) is 11.5 Å². The SMILES string of the molecule is CCC(C)C(N)COc1cccc2c1OC(C)(C)C2. The average Bonchev–Trinajstić information content (AvgIpc) is 2.69. The highest BCUT2D eigenvalue weighted by molar-refractivity contribution is 5.50. The van der Waals surface area contributed by atoms with Crippen LogP contribution in [0, 0.1) is 5.92 Å². The number of hydrogen-bond donors (Lipinski definition) is 1. The Morgan fingerprint density at radius 2 is 2.16 bits per heavy atom. The summed E-state index contributed by atoms with van der Waals surface area (Å²) in [6.45, 7) is 9.04. The lowest BCUT2D eigenvalue weighted by atomic mass is 10.0. The van der Waals surface area contributed by atoms with E-state index in [1.807, 2.05) is 12.1 Å². The smallest absolute Gasteiger partial charge is 0.165 e. The van der Waals surface area contributed by atoms with Crippen LogP contribution in [0.2, 0.25) is 0 Å². The summed E-state index contributed by atoms with van der Waals surface area (Å²) >= 11 is 0. The Bertz CT molecular complexity index is 442. The fourth-order valence-electron chi connectivity index (χ4n) is 2.35. The largest absolute Gasteiger partial charge is 0.488 e. The van der Waals surface area contributed by atoms with Crippen LogP contribution in [0.5, 0.6) is 11.5 Å². The molecule has 3 heteroatoms. The Kier molecular flexibility index (Phi) is 4.04. The number of ether oxygens (including phenoxy) is 2. The summed E-state index contributed by atoms with van der Waals surface area (Å²) in [5.74, 6) is 2.18. The summed E-state index contributed by atoms with van der Waals surface area (Å²) < 4.78 is 11.9. The lowest BCUT2D eigenvalue weighted by molar-refractivity contribution is 0.130. The Hall–Kier alpha value is -1.22. The molecule has 2 atom stereocenters. The molecule has 0 aliphatic carbocycles. The predicted molar refractivity (Wildman–Crippen MR) is 77.8 cm³/mol. The molecule has 2 N–H and O–H groups in total. The molecule has 0 saturated carbocycles. The van der Waals surface area contributed by atoms with E-state index in [0.717, 1.165) is 24.3 Å². The van der Waals surface area contributed by atoms with Crippen LogP contribution >= 0.6 is 0 Å². The Labute approximate surface area is 116 Å². The third-order valence-corrected chi connectivity index (χ3v) is 3.86. The second-order valence-corrected chi connectivity index (χ2v) is 6.14. The van der Waals surface area contributed by atoms with Crippen LogP contribution in [0.1, 0.15) is 39.7 Å². The highest BCUT2D eigenvalue weighted by atomic mass is 16.5. The van der Waals surface area contributed by atoms with Crippen molar-refractivity contribution in [2.45, 2.75) is 52.2 Å². The summed E-state index contributed by atoms with van der Waals surface area (Å²) in [4.78, 5) is 0. The molecule has 1 heterocycles. The maximum atomic E-state index is 6.11. The van der Waals surface area contributed by atoms with Crippen molar-refractivity contribution in [2.24, 2.45) is 11.7 Å². The maximum absolute atomic E-state index is 6.11. The summed E-state index contributed by atoms with van der Waals surface area (Å²) in [6.07, 6.45) is 2.00. The topological polar surface area (TPSA) is 44.5 Å². The molecule has 0 radical (unpaired) electrons. The number of hydrogen-bond acceptors (Lipinski definition) is 3. The first-order valence-corrected chi connectivity index (χ1v) is 7.12. The van der Waals surface area contributed by atoms with E-state index in [1.54, 1.807) is 0 Å². The van der Waals surface area contributed by atoms with E-state index in [4.69, 9.17) is 15.2 Å². The highest BCUT2D eigenvalue weighted by Gasteiger charge is 2.32. The van der Waals surface area contributed by atoms with E-state index in [2.05, 4.69) is 33.8 Å². The minimum atomic E-state index is -0.138. The summed E-state index contributed by atoms with van der Waals surface area (Å²) in [7, 11) is 0. The molecular weight excluding hydrogens is 238 g/mol. The van der Waals surface area contributed by atoms with Gasteiger partial charge in [0.2, 0.25) is 0 Å². The molecule has 0 amide bonds. The standard InChI is InChI=1S/C16H25NO2/c1-5-11(2)13(17)10-18-14-8-6-7-12-9-16(3,4)19-15(12)14/h6-8,11,13H,5,9-10,17H2,1-4H3. The Morgan fingerprint density at radius 1 is 1.42 bits per heavy atom. The zero-order chi connectivity index (χ0) is 14.0. The lowest BCUT2D eigenvalue weighted by Crippen LogP contribution is -2.34. The quantitative estimate of drug-likeness (QED) is 0.887. The van der Waals surface area contributed by atoms with Crippen LogP contribution in [0.15, 0.2) is 18.2 Å². The molecular formula is C16H25NO2. The number of fused-ring (bicyclic) bond motifs is 1. The van der Waals surface area contributed by atoms with Gasteiger partial charge in [-0.3, -0.25) is 0 Å². The molecule has 1 aliphatic rings. The van der Waals surface area contributed by atoms with Crippen LogP contribution in [-0.4, -0.2) is 18.2 Å². The first-order valence-electron chi connectivity index (χ1n) is 7.12. The van der Waals surface area contributed by atoms with Gasteiger partial charge in [0.25, 0.3) is 0 Å². The summed E-state index contributed by atoms with van der Waals surface area (Å²) in [5, 5.41) is 0. The monoisotopic (exact) mass is 263 g/mol. The van der Waals surface area contributed by atoms with E-state index in [0.29, 0.717) is 12.5 Å². The summed E-state index contributed by atoms with van der Waals surface area (Å²) in [6, 6.07) is 6.15. The minimum Gasteiger partial charge on any atom is -0.488 e. The van der Waals surface area contributed by atoms with Gasteiger partial charge >= 0.3 is 0 Å². The molecule has 0 saturated heterocycles. The Balaban J connectivity index is 2.05. The van der Waals surface area contributed by atoms with Gasteiger partial charge < -0.3 is 15.2 Å². The fraction of sp³-hybridized carbons (Fsp3) is 0.625. The normalized spacial score (nSPS) is 19.4. The molecule has 2 rings (SSSR count).